The lowest BCUT2D eigenvalue weighted by atomic mass is 10.2. The number of nitrogens with zero attached hydrogens (tertiary/aromatic N) is 1. The minimum absolute atomic E-state index is 0.494. The van der Waals surface area contributed by atoms with Crippen LogP contribution in [0, 0.1) is 0 Å². The number of halogens is 1. The van der Waals surface area contributed by atoms with Crippen molar-refractivity contribution in [2.24, 2.45) is 10.9 Å². The molecule has 0 unspecified atom stereocenters. The third-order valence-corrected chi connectivity index (χ3v) is 2.66. The maximum absolute atomic E-state index is 5.91. The maximum Gasteiger partial charge on any atom is 0.128 e. The first-order chi connectivity index (χ1) is 8.79. The Balaban J connectivity index is 2.14. The van der Waals surface area contributed by atoms with E-state index in [1.165, 1.54) is 6.21 Å². The zero-order valence-corrected chi connectivity index (χ0v) is 10.5. The molecule has 0 aliphatic rings. The molecule has 0 fully saturated rings. The molecule has 0 bridgehead atoms. The van der Waals surface area contributed by atoms with E-state index in [0.29, 0.717) is 17.4 Å². The van der Waals surface area contributed by atoms with Crippen LogP contribution < -0.4 is 10.6 Å². The highest BCUT2D eigenvalue weighted by atomic mass is 35.5. The summed E-state index contributed by atoms with van der Waals surface area (Å²) < 4.78 is 5.73. The molecule has 0 atom stereocenters. The quantitative estimate of drug-likeness (QED) is 0.521. The van der Waals surface area contributed by atoms with Gasteiger partial charge in [-0.15, -0.1) is 0 Å². The van der Waals surface area contributed by atoms with E-state index in [9.17, 15) is 0 Å². The van der Waals surface area contributed by atoms with Crippen molar-refractivity contribution in [3.8, 4) is 5.75 Å². The van der Waals surface area contributed by atoms with Crippen LogP contribution in [0.3, 0.4) is 0 Å². The molecule has 4 heteroatoms. The summed E-state index contributed by atoms with van der Waals surface area (Å²) in [6.07, 6.45) is 1.52. The number of hydrogen-bond donors (Lipinski definition) is 1. The van der Waals surface area contributed by atoms with Gasteiger partial charge >= 0.3 is 0 Å². The SMILES string of the molecule is NN=Cc1cc(Cl)ccc1OCc1ccccc1. The predicted octanol–water partition coefficient (Wildman–Crippen LogP) is 3.21. The molecule has 3 nitrogen and oxygen atoms in total. The number of rotatable bonds is 4. The zero-order valence-electron chi connectivity index (χ0n) is 9.71. The minimum Gasteiger partial charge on any atom is -0.488 e. The lowest BCUT2D eigenvalue weighted by molar-refractivity contribution is 0.306. The summed E-state index contributed by atoms with van der Waals surface area (Å²) >= 11 is 5.91. The first kappa shape index (κ1) is 12.5. The number of hydrazone groups is 1. The molecule has 2 rings (SSSR count). The number of benzene rings is 2. The summed E-state index contributed by atoms with van der Waals surface area (Å²) in [4.78, 5) is 0. The summed E-state index contributed by atoms with van der Waals surface area (Å²) in [5, 5.41) is 4.12. The molecule has 0 aliphatic heterocycles. The third-order valence-electron chi connectivity index (χ3n) is 2.42. The monoisotopic (exact) mass is 260 g/mol. The van der Waals surface area contributed by atoms with Crippen molar-refractivity contribution in [2.45, 2.75) is 6.61 Å². The molecule has 2 aromatic carbocycles. The van der Waals surface area contributed by atoms with E-state index in [4.69, 9.17) is 22.2 Å². The summed E-state index contributed by atoms with van der Waals surface area (Å²) in [6, 6.07) is 15.3. The van der Waals surface area contributed by atoms with E-state index >= 15 is 0 Å². The van der Waals surface area contributed by atoms with Crippen LogP contribution in [0.5, 0.6) is 5.75 Å². The fraction of sp³-hybridized carbons (Fsp3) is 0.0714. The average Bonchev–Trinajstić information content (AvgIpc) is 2.39. The summed E-state index contributed by atoms with van der Waals surface area (Å²) in [5.41, 5.74) is 1.86. The molecule has 0 spiro atoms. The third kappa shape index (κ3) is 3.25. The standard InChI is InChI=1S/C14H13ClN2O/c15-13-6-7-14(12(8-13)9-17-16)18-10-11-4-2-1-3-5-11/h1-9H,10,16H2. The highest BCUT2D eigenvalue weighted by molar-refractivity contribution is 6.30. The van der Waals surface area contributed by atoms with E-state index in [-0.39, 0.29) is 0 Å². The first-order valence-electron chi connectivity index (χ1n) is 5.49. The van der Waals surface area contributed by atoms with Crippen molar-refractivity contribution in [3.63, 3.8) is 0 Å². The van der Waals surface area contributed by atoms with E-state index in [1.807, 2.05) is 36.4 Å². The number of hydrogen-bond acceptors (Lipinski definition) is 3. The molecule has 2 aromatic rings. The van der Waals surface area contributed by atoms with E-state index in [2.05, 4.69) is 5.10 Å². The number of ether oxygens (including phenoxy) is 1. The van der Waals surface area contributed by atoms with Gasteiger partial charge in [-0.05, 0) is 23.8 Å². The van der Waals surface area contributed by atoms with Gasteiger partial charge in [0.15, 0.2) is 0 Å². The van der Waals surface area contributed by atoms with Crippen LogP contribution in [0.4, 0.5) is 0 Å². The van der Waals surface area contributed by atoms with Crippen molar-refractivity contribution >= 4 is 17.8 Å². The fourth-order valence-electron chi connectivity index (χ4n) is 1.57. The van der Waals surface area contributed by atoms with Gasteiger partial charge in [-0.2, -0.15) is 5.10 Å². The Morgan fingerprint density at radius 1 is 1.17 bits per heavy atom. The Morgan fingerprint density at radius 3 is 2.67 bits per heavy atom. The maximum atomic E-state index is 5.91. The van der Waals surface area contributed by atoms with Crippen LogP contribution in [0.25, 0.3) is 0 Å². The Kier molecular flexibility index (Phi) is 4.20. The van der Waals surface area contributed by atoms with Crippen LogP contribution in [0.2, 0.25) is 5.02 Å². The van der Waals surface area contributed by atoms with Gasteiger partial charge in [0.2, 0.25) is 0 Å². The normalized spacial score (nSPS) is 10.7. The lowest BCUT2D eigenvalue weighted by Gasteiger charge is -2.09. The van der Waals surface area contributed by atoms with Gasteiger partial charge in [-0.3, -0.25) is 0 Å². The van der Waals surface area contributed by atoms with Crippen LogP contribution in [0.1, 0.15) is 11.1 Å². The smallest absolute Gasteiger partial charge is 0.128 e. The molecule has 18 heavy (non-hydrogen) atoms. The largest absolute Gasteiger partial charge is 0.488 e. The highest BCUT2D eigenvalue weighted by Gasteiger charge is 2.03. The van der Waals surface area contributed by atoms with Crippen LogP contribution in [0.15, 0.2) is 53.6 Å². The van der Waals surface area contributed by atoms with Gasteiger partial charge < -0.3 is 10.6 Å². The predicted molar refractivity (Wildman–Crippen MR) is 74.0 cm³/mol. The Hall–Kier alpha value is -2.00. The van der Waals surface area contributed by atoms with Gasteiger partial charge in [0.05, 0.1) is 6.21 Å². The Bertz CT molecular complexity index is 541. The van der Waals surface area contributed by atoms with Gasteiger partial charge in [0, 0.05) is 10.6 Å². The summed E-state index contributed by atoms with van der Waals surface area (Å²) in [5.74, 6) is 5.86. The molecule has 92 valence electrons. The van der Waals surface area contributed by atoms with Crippen LogP contribution >= 0.6 is 11.6 Å². The molecule has 0 heterocycles. The second kappa shape index (κ2) is 6.07. The molecule has 0 aromatic heterocycles. The van der Waals surface area contributed by atoms with Crippen molar-refractivity contribution in [3.05, 3.63) is 64.7 Å². The highest BCUT2D eigenvalue weighted by Crippen LogP contribution is 2.22. The van der Waals surface area contributed by atoms with E-state index < -0.39 is 0 Å². The van der Waals surface area contributed by atoms with Gasteiger partial charge in [-0.25, -0.2) is 0 Å². The summed E-state index contributed by atoms with van der Waals surface area (Å²) in [6.45, 7) is 0.494. The molecule has 0 aliphatic carbocycles. The molecule has 0 saturated heterocycles. The van der Waals surface area contributed by atoms with Crippen molar-refractivity contribution in [1.82, 2.24) is 0 Å². The van der Waals surface area contributed by atoms with Crippen LogP contribution in [-0.4, -0.2) is 6.21 Å². The first-order valence-corrected chi connectivity index (χ1v) is 5.87. The lowest BCUT2D eigenvalue weighted by Crippen LogP contribution is -1.99. The van der Waals surface area contributed by atoms with E-state index in [1.54, 1.807) is 12.1 Å². The minimum atomic E-state index is 0.494. The molecule has 0 saturated carbocycles. The Labute approximate surface area is 111 Å². The van der Waals surface area contributed by atoms with Crippen molar-refractivity contribution in [1.29, 1.82) is 0 Å². The van der Waals surface area contributed by atoms with Gasteiger partial charge in [0.1, 0.15) is 12.4 Å². The van der Waals surface area contributed by atoms with Crippen LogP contribution in [-0.2, 0) is 6.61 Å². The molecule has 0 amide bonds. The fourth-order valence-corrected chi connectivity index (χ4v) is 1.75. The molecule has 0 radical (unpaired) electrons. The average molecular weight is 261 g/mol. The second-order valence-electron chi connectivity index (χ2n) is 3.73. The van der Waals surface area contributed by atoms with Crippen molar-refractivity contribution in [2.75, 3.05) is 0 Å². The van der Waals surface area contributed by atoms with E-state index in [0.717, 1.165) is 11.1 Å². The topological polar surface area (TPSA) is 47.6 Å². The summed E-state index contributed by atoms with van der Waals surface area (Å²) in [7, 11) is 0. The molecular formula is C14H13ClN2O. The van der Waals surface area contributed by atoms with Gasteiger partial charge in [-0.1, -0.05) is 41.9 Å². The Morgan fingerprint density at radius 2 is 1.94 bits per heavy atom. The molecular weight excluding hydrogens is 248 g/mol. The number of nitrogens with two attached hydrogens (primary N) is 1. The molecule has 2 N–H and O–H groups in total. The van der Waals surface area contributed by atoms with Crippen molar-refractivity contribution < 1.29 is 4.74 Å². The zero-order chi connectivity index (χ0) is 12.8. The van der Waals surface area contributed by atoms with Gasteiger partial charge in [0.25, 0.3) is 0 Å². The second-order valence-corrected chi connectivity index (χ2v) is 4.17.